The van der Waals surface area contributed by atoms with Gasteiger partial charge in [-0.25, -0.2) is 4.98 Å². The van der Waals surface area contributed by atoms with Crippen molar-refractivity contribution < 1.29 is 9.53 Å². The molecule has 0 bridgehead atoms. The third-order valence-corrected chi connectivity index (χ3v) is 4.06. The molecule has 0 spiro atoms. The molecule has 1 aliphatic rings. The second kappa shape index (κ2) is 7.14. The Bertz CT molecular complexity index is 735. The lowest BCUT2D eigenvalue weighted by molar-refractivity contribution is -0.0247. The number of amides is 1. The molecular formula is C15H19ClN6O2. The zero-order valence-corrected chi connectivity index (χ0v) is 14.1. The Balaban J connectivity index is 1.77. The first-order valence-corrected chi connectivity index (χ1v) is 8.18. The van der Waals surface area contributed by atoms with E-state index < -0.39 is 6.10 Å². The minimum absolute atomic E-state index is 0.217. The Kier molecular flexibility index (Phi) is 4.96. The van der Waals surface area contributed by atoms with Crippen LogP contribution < -0.4 is 5.73 Å². The van der Waals surface area contributed by atoms with Crippen LogP contribution in [-0.2, 0) is 11.3 Å². The number of hydrogen-bond donors (Lipinski definition) is 1. The third-order valence-electron chi connectivity index (χ3n) is 3.79. The second-order valence-electron chi connectivity index (χ2n) is 5.53. The van der Waals surface area contributed by atoms with Crippen LogP contribution in [0.2, 0.25) is 5.02 Å². The van der Waals surface area contributed by atoms with Crippen molar-refractivity contribution in [2.24, 2.45) is 0 Å². The largest absolute Gasteiger partial charge is 0.382 e. The van der Waals surface area contributed by atoms with E-state index in [2.05, 4.69) is 15.1 Å². The van der Waals surface area contributed by atoms with Gasteiger partial charge in [0.25, 0.3) is 5.91 Å². The zero-order valence-electron chi connectivity index (χ0n) is 13.4. The molecule has 2 aromatic heterocycles. The van der Waals surface area contributed by atoms with Crippen LogP contribution in [0.4, 0.5) is 5.82 Å². The number of morpholine rings is 1. The summed E-state index contributed by atoms with van der Waals surface area (Å²) in [4.78, 5) is 22.6. The van der Waals surface area contributed by atoms with E-state index in [1.807, 2.05) is 6.92 Å². The highest BCUT2D eigenvalue weighted by Crippen LogP contribution is 2.25. The summed E-state index contributed by atoms with van der Waals surface area (Å²) >= 11 is 6.17. The Morgan fingerprint density at radius 3 is 3.00 bits per heavy atom. The number of rotatable bonds is 4. The van der Waals surface area contributed by atoms with Gasteiger partial charge in [-0.15, -0.1) is 0 Å². The summed E-state index contributed by atoms with van der Waals surface area (Å²) in [5, 5.41) is 4.65. The topological polar surface area (TPSA) is 99.2 Å². The third kappa shape index (κ3) is 3.34. The summed E-state index contributed by atoms with van der Waals surface area (Å²) in [6.07, 6.45) is 5.26. The summed E-state index contributed by atoms with van der Waals surface area (Å²) in [6.45, 7) is 3.94. The Hall–Kier alpha value is -2.19. The molecule has 1 aliphatic heterocycles. The summed E-state index contributed by atoms with van der Waals surface area (Å²) in [5.74, 6) is 0.0904. The van der Waals surface area contributed by atoms with Crippen LogP contribution in [-0.4, -0.2) is 50.3 Å². The molecule has 9 heteroatoms. The molecule has 0 saturated carbocycles. The van der Waals surface area contributed by atoms with Crippen LogP contribution in [0.5, 0.6) is 0 Å². The van der Waals surface area contributed by atoms with E-state index in [0.29, 0.717) is 36.2 Å². The van der Waals surface area contributed by atoms with E-state index in [4.69, 9.17) is 22.1 Å². The first-order chi connectivity index (χ1) is 11.6. The van der Waals surface area contributed by atoms with Crippen molar-refractivity contribution in [3.8, 4) is 0 Å². The molecular weight excluding hydrogens is 332 g/mol. The Morgan fingerprint density at radius 1 is 1.46 bits per heavy atom. The maximum absolute atomic E-state index is 12.7. The van der Waals surface area contributed by atoms with E-state index in [9.17, 15) is 4.79 Å². The predicted molar refractivity (Wildman–Crippen MR) is 88.6 cm³/mol. The maximum Gasteiger partial charge on any atom is 0.276 e. The molecule has 1 atom stereocenters. The number of anilines is 1. The van der Waals surface area contributed by atoms with E-state index in [-0.39, 0.29) is 11.6 Å². The van der Waals surface area contributed by atoms with E-state index in [1.165, 1.54) is 6.20 Å². The number of carbonyl (C=O) groups is 1. The summed E-state index contributed by atoms with van der Waals surface area (Å²) in [6, 6.07) is 0. The normalized spacial score (nSPS) is 17.9. The van der Waals surface area contributed by atoms with E-state index in [0.717, 1.165) is 13.0 Å². The van der Waals surface area contributed by atoms with Crippen LogP contribution in [0.25, 0.3) is 0 Å². The highest BCUT2D eigenvalue weighted by molar-refractivity contribution is 6.33. The van der Waals surface area contributed by atoms with Crippen LogP contribution in [0.15, 0.2) is 18.6 Å². The van der Waals surface area contributed by atoms with Crippen LogP contribution in [0, 0.1) is 0 Å². The van der Waals surface area contributed by atoms with Gasteiger partial charge in [0, 0.05) is 31.7 Å². The average molecular weight is 351 g/mol. The number of aromatic nitrogens is 4. The van der Waals surface area contributed by atoms with E-state index in [1.54, 1.807) is 22.0 Å². The minimum Gasteiger partial charge on any atom is -0.382 e. The molecule has 3 rings (SSSR count). The van der Waals surface area contributed by atoms with Crippen molar-refractivity contribution in [2.75, 3.05) is 25.4 Å². The summed E-state index contributed by atoms with van der Waals surface area (Å²) in [7, 11) is 0. The SMILES string of the molecule is CCCn1cc(Cl)c(C(=O)N2CCOC(c3nccnc3N)C2)n1. The van der Waals surface area contributed by atoms with Gasteiger partial charge >= 0.3 is 0 Å². The molecule has 1 unspecified atom stereocenters. The molecule has 8 nitrogen and oxygen atoms in total. The quantitative estimate of drug-likeness (QED) is 0.897. The number of nitrogens with zero attached hydrogens (tertiary/aromatic N) is 5. The number of halogens is 1. The monoisotopic (exact) mass is 350 g/mol. The Morgan fingerprint density at radius 2 is 2.25 bits per heavy atom. The summed E-state index contributed by atoms with van der Waals surface area (Å²) < 4.78 is 7.39. The van der Waals surface area contributed by atoms with Crippen LogP contribution in [0.3, 0.4) is 0 Å². The molecule has 3 heterocycles. The zero-order chi connectivity index (χ0) is 17.1. The second-order valence-corrected chi connectivity index (χ2v) is 5.93. The molecule has 0 radical (unpaired) electrons. The standard InChI is InChI=1S/C15H19ClN6O2/c1-2-5-22-8-10(16)12(20-22)15(23)21-6-7-24-11(9-21)13-14(17)19-4-3-18-13/h3-4,8,11H,2,5-7,9H2,1H3,(H2,17,19). The molecule has 2 aromatic rings. The minimum atomic E-state index is -0.409. The van der Waals surface area contributed by atoms with Gasteiger partial charge in [0.15, 0.2) is 5.69 Å². The smallest absolute Gasteiger partial charge is 0.276 e. The van der Waals surface area contributed by atoms with Crippen molar-refractivity contribution >= 4 is 23.3 Å². The number of hydrogen-bond acceptors (Lipinski definition) is 6. The molecule has 1 saturated heterocycles. The lowest BCUT2D eigenvalue weighted by Gasteiger charge is -2.32. The first kappa shape index (κ1) is 16.7. The first-order valence-electron chi connectivity index (χ1n) is 7.80. The van der Waals surface area contributed by atoms with Crippen molar-refractivity contribution in [1.82, 2.24) is 24.6 Å². The fraction of sp³-hybridized carbons (Fsp3) is 0.467. The van der Waals surface area contributed by atoms with Gasteiger partial charge in [-0.05, 0) is 6.42 Å². The molecule has 2 N–H and O–H groups in total. The molecule has 0 aromatic carbocycles. The van der Waals surface area contributed by atoms with Crippen molar-refractivity contribution in [2.45, 2.75) is 26.0 Å². The molecule has 128 valence electrons. The highest BCUT2D eigenvalue weighted by Gasteiger charge is 2.30. The van der Waals surface area contributed by atoms with E-state index >= 15 is 0 Å². The molecule has 0 aliphatic carbocycles. The van der Waals surface area contributed by atoms with Gasteiger partial charge in [0.1, 0.15) is 17.6 Å². The predicted octanol–water partition coefficient (Wildman–Crippen LogP) is 1.53. The maximum atomic E-state index is 12.7. The van der Waals surface area contributed by atoms with Gasteiger partial charge < -0.3 is 15.4 Å². The van der Waals surface area contributed by atoms with Gasteiger partial charge in [0.05, 0.1) is 18.2 Å². The van der Waals surface area contributed by atoms with Crippen molar-refractivity contribution in [1.29, 1.82) is 0 Å². The molecule has 24 heavy (non-hydrogen) atoms. The van der Waals surface area contributed by atoms with Crippen LogP contribution >= 0.6 is 11.6 Å². The van der Waals surface area contributed by atoms with Crippen molar-refractivity contribution in [3.63, 3.8) is 0 Å². The number of nitrogen functional groups attached to an aromatic ring is 1. The highest BCUT2D eigenvalue weighted by atomic mass is 35.5. The number of nitrogens with two attached hydrogens (primary N) is 1. The molecule has 1 fully saturated rings. The van der Waals surface area contributed by atoms with Gasteiger partial charge in [0.2, 0.25) is 0 Å². The Labute approximate surface area is 144 Å². The number of carbonyl (C=O) groups excluding carboxylic acids is 1. The molecule has 1 amide bonds. The lowest BCUT2D eigenvalue weighted by Crippen LogP contribution is -2.43. The fourth-order valence-electron chi connectivity index (χ4n) is 2.64. The average Bonchev–Trinajstić information content (AvgIpc) is 2.95. The van der Waals surface area contributed by atoms with Gasteiger partial charge in [-0.2, -0.15) is 5.10 Å². The van der Waals surface area contributed by atoms with Crippen molar-refractivity contribution in [3.05, 3.63) is 35.0 Å². The van der Waals surface area contributed by atoms with Gasteiger partial charge in [-0.3, -0.25) is 14.5 Å². The number of aryl methyl sites for hydroxylation is 1. The summed E-state index contributed by atoms with van der Waals surface area (Å²) in [5.41, 5.74) is 6.65. The lowest BCUT2D eigenvalue weighted by atomic mass is 10.2. The van der Waals surface area contributed by atoms with Crippen LogP contribution in [0.1, 0.15) is 35.6 Å². The fourth-order valence-corrected chi connectivity index (χ4v) is 2.87. The van der Waals surface area contributed by atoms with Gasteiger partial charge in [-0.1, -0.05) is 18.5 Å². The number of ether oxygens (including phenoxy) is 1.